The van der Waals surface area contributed by atoms with Crippen molar-refractivity contribution in [3.63, 3.8) is 0 Å². The van der Waals surface area contributed by atoms with Crippen LogP contribution in [0.1, 0.15) is 18.4 Å². The number of nitro groups is 1. The van der Waals surface area contributed by atoms with E-state index in [9.17, 15) is 32.9 Å². The van der Waals surface area contributed by atoms with Crippen molar-refractivity contribution >= 4 is 28.4 Å². The van der Waals surface area contributed by atoms with Gasteiger partial charge in [-0.1, -0.05) is 12.1 Å². The van der Waals surface area contributed by atoms with Gasteiger partial charge in [0.2, 0.25) is 5.91 Å². The smallest absolute Gasteiger partial charge is 0.408 e. The monoisotopic (exact) mass is 478 g/mol. The molecule has 0 atom stereocenters. The summed E-state index contributed by atoms with van der Waals surface area (Å²) in [4.78, 5) is 38.4. The second-order valence-corrected chi connectivity index (χ2v) is 7.92. The molecule has 1 aliphatic rings. The van der Waals surface area contributed by atoms with Crippen LogP contribution in [0.25, 0.3) is 11.1 Å². The number of nitro benzene ring substituents is 1. The van der Waals surface area contributed by atoms with Crippen LogP contribution in [0.15, 0.2) is 51.7 Å². The molecule has 0 N–H and O–H groups in total. The zero-order valence-electron chi connectivity index (χ0n) is 18.0. The number of piperazine rings is 1. The number of aromatic nitrogens is 1. The van der Waals surface area contributed by atoms with Gasteiger partial charge in [-0.05, 0) is 30.7 Å². The fourth-order valence-corrected chi connectivity index (χ4v) is 4.08. The molecule has 1 aromatic heterocycles. The molecule has 0 aliphatic carbocycles. The average molecular weight is 478 g/mol. The van der Waals surface area contributed by atoms with Crippen LogP contribution in [-0.4, -0.2) is 46.5 Å². The summed E-state index contributed by atoms with van der Waals surface area (Å²) in [6.07, 6.45) is -4.05. The maximum Gasteiger partial charge on any atom is 0.419 e. The molecule has 1 aliphatic heterocycles. The van der Waals surface area contributed by atoms with Gasteiger partial charge < -0.3 is 14.2 Å². The Morgan fingerprint density at radius 1 is 1.09 bits per heavy atom. The van der Waals surface area contributed by atoms with Crippen LogP contribution in [0, 0.1) is 10.1 Å². The van der Waals surface area contributed by atoms with Crippen LogP contribution in [-0.2, 0) is 17.5 Å². The van der Waals surface area contributed by atoms with Crippen LogP contribution in [0.3, 0.4) is 0 Å². The SMILES string of the molecule is O=C(CCCn1c(=O)oc2ccccc21)N1CCN(c2ccc(C(F)(F)F)cc2[N+](=O)[O-])CC1. The number of amides is 1. The van der Waals surface area contributed by atoms with Gasteiger partial charge in [-0.3, -0.25) is 19.5 Å². The van der Waals surface area contributed by atoms with Crippen LogP contribution < -0.4 is 10.7 Å². The summed E-state index contributed by atoms with van der Waals surface area (Å²) < 4.78 is 45.4. The number of carbonyl (C=O) groups is 1. The van der Waals surface area contributed by atoms with E-state index in [2.05, 4.69) is 0 Å². The standard InChI is InChI=1S/C22H21F3N4O5/c23-22(24,25)15-7-8-16(18(14-15)29(32)33)26-10-12-27(13-11-26)20(30)6-3-9-28-17-4-1-2-5-19(17)34-21(28)31/h1-2,4-5,7-8,14H,3,6,9-13H2. The second-order valence-electron chi connectivity index (χ2n) is 7.92. The normalized spacial score (nSPS) is 14.6. The molecular formula is C22H21F3N4O5. The first-order valence-corrected chi connectivity index (χ1v) is 10.6. The summed E-state index contributed by atoms with van der Waals surface area (Å²) in [5.74, 6) is -0.609. The van der Waals surface area contributed by atoms with Gasteiger partial charge in [0.15, 0.2) is 5.58 Å². The molecule has 0 bridgehead atoms. The number of benzene rings is 2. The molecule has 3 aromatic rings. The first-order valence-electron chi connectivity index (χ1n) is 10.6. The number of nitrogens with zero attached hydrogens (tertiary/aromatic N) is 4. The first kappa shape index (κ1) is 23.3. The first-order chi connectivity index (χ1) is 16.1. The number of carbonyl (C=O) groups excluding carboxylic acids is 1. The van der Waals surface area contributed by atoms with Crippen LogP contribution >= 0.6 is 0 Å². The Morgan fingerprint density at radius 3 is 2.47 bits per heavy atom. The van der Waals surface area contributed by atoms with E-state index < -0.39 is 28.1 Å². The van der Waals surface area contributed by atoms with Crippen molar-refractivity contribution in [1.82, 2.24) is 9.47 Å². The Morgan fingerprint density at radius 2 is 1.79 bits per heavy atom. The number of halogens is 3. The molecule has 4 rings (SSSR count). The number of fused-ring (bicyclic) bond motifs is 1. The van der Waals surface area contributed by atoms with E-state index in [0.29, 0.717) is 30.1 Å². The molecule has 0 saturated carbocycles. The lowest BCUT2D eigenvalue weighted by Gasteiger charge is -2.36. The van der Waals surface area contributed by atoms with Crippen molar-refractivity contribution in [2.75, 3.05) is 31.1 Å². The predicted octanol–water partition coefficient (Wildman–Crippen LogP) is 3.65. The van der Waals surface area contributed by atoms with E-state index >= 15 is 0 Å². The highest BCUT2D eigenvalue weighted by atomic mass is 19.4. The van der Waals surface area contributed by atoms with Crippen molar-refractivity contribution in [2.24, 2.45) is 0 Å². The van der Waals surface area contributed by atoms with Crippen molar-refractivity contribution < 1.29 is 27.3 Å². The summed E-state index contributed by atoms with van der Waals surface area (Å²) in [7, 11) is 0. The van der Waals surface area contributed by atoms with Gasteiger partial charge in [0, 0.05) is 45.2 Å². The van der Waals surface area contributed by atoms with Crippen molar-refractivity contribution in [2.45, 2.75) is 25.6 Å². The van der Waals surface area contributed by atoms with E-state index in [0.717, 1.165) is 12.1 Å². The molecule has 12 heteroatoms. The number of aryl methyl sites for hydroxylation is 1. The number of hydrogen-bond acceptors (Lipinski definition) is 6. The van der Waals surface area contributed by atoms with Crippen LogP contribution in [0.2, 0.25) is 0 Å². The largest absolute Gasteiger partial charge is 0.419 e. The minimum absolute atomic E-state index is 0.0938. The van der Waals surface area contributed by atoms with Gasteiger partial charge in [0.1, 0.15) is 5.69 Å². The molecular weight excluding hydrogens is 457 g/mol. The van der Waals surface area contributed by atoms with Gasteiger partial charge >= 0.3 is 11.9 Å². The molecule has 1 amide bonds. The number of anilines is 1. The predicted molar refractivity (Wildman–Crippen MR) is 117 cm³/mol. The minimum atomic E-state index is -4.68. The third-order valence-corrected chi connectivity index (χ3v) is 5.82. The molecule has 0 unspecified atom stereocenters. The molecule has 1 saturated heterocycles. The molecule has 0 radical (unpaired) electrons. The minimum Gasteiger partial charge on any atom is -0.408 e. The molecule has 9 nitrogen and oxygen atoms in total. The second kappa shape index (κ2) is 9.20. The Hall–Kier alpha value is -3.83. The van der Waals surface area contributed by atoms with Gasteiger partial charge in [-0.15, -0.1) is 0 Å². The van der Waals surface area contributed by atoms with Crippen molar-refractivity contribution in [3.05, 3.63) is 68.7 Å². The summed E-state index contributed by atoms with van der Waals surface area (Å²) in [6.45, 7) is 1.39. The number of para-hydroxylation sites is 2. The van der Waals surface area contributed by atoms with E-state index in [4.69, 9.17) is 4.42 Å². The Labute approximate surface area is 191 Å². The number of rotatable bonds is 6. The fourth-order valence-electron chi connectivity index (χ4n) is 4.08. The van der Waals surface area contributed by atoms with Crippen LogP contribution in [0.5, 0.6) is 0 Å². The van der Waals surface area contributed by atoms with Crippen molar-refractivity contribution in [1.29, 1.82) is 0 Å². The Kier molecular flexibility index (Phi) is 6.31. The summed E-state index contributed by atoms with van der Waals surface area (Å²) in [5.41, 5.74) is -0.469. The summed E-state index contributed by atoms with van der Waals surface area (Å²) >= 11 is 0. The zero-order chi connectivity index (χ0) is 24.5. The van der Waals surface area contributed by atoms with Crippen molar-refractivity contribution in [3.8, 4) is 0 Å². The van der Waals surface area contributed by atoms with E-state index in [-0.39, 0.29) is 44.2 Å². The highest BCUT2D eigenvalue weighted by molar-refractivity contribution is 5.77. The maximum atomic E-state index is 12.9. The summed E-state index contributed by atoms with van der Waals surface area (Å²) in [6, 6.07) is 9.47. The highest BCUT2D eigenvalue weighted by Crippen LogP contribution is 2.36. The van der Waals surface area contributed by atoms with Gasteiger partial charge in [-0.2, -0.15) is 13.2 Å². The van der Waals surface area contributed by atoms with Crippen LogP contribution in [0.4, 0.5) is 24.5 Å². The Balaban J connectivity index is 1.35. The number of hydrogen-bond donors (Lipinski definition) is 0. The topological polar surface area (TPSA) is 102 Å². The fraction of sp³-hybridized carbons (Fsp3) is 0.364. The van der Waals surface area contributed by atoms with Gasteiger partial charge in [-0.25, -0.2) is 4.79 Å². The maximum absolute atomic E-state index is 12.9. The van der Waals surface area contributed by atoms with Gasteiger partial charge in [0.05, 0.1) is 16.0 Å². The molecule has 1 fully saturated rings. The lowest BCUT2D eigenvalue weighted by atomic mass is 10.1. The van der Waals surface area contributed by atoms with E-state index in [1.165, 1.54) is 4.57 Å². The summed E-state index contributed by atoms with van der Waals surface area (Å²) in [5, 5.41) is 11.4. The van der Waals surface area contributed by atoms with E-state index in [1.54, 1.807) is 34.1 Å². The molecule has 180 valence electrons. The molecule has 2 heterocycles. The third-order valence-electron chi connectivity index (χ3n) is 5.82. The van der Waals surface area contributed by atoms with Gasteiger partial charge in [0.25, 0.3) is 5.69 Å². The molecule has 2 aromatic carbocycles. The lowest BCUT2D eigenvalue weighted by molar-refractivity contribution is -0.384. The zero-order valence-corrected chi connectivity index (χ0v) is 18.0. The quantitative estimate of drug-likeness (QED) is 0.396. The lowest BCUT2D eigenvalue weighted by Crippen LogP contribution is -2.49. The number of alkyl halides is 3. The van der Waals surface area contributed by atoms with E-state index in [1.807, 2.05) is 0 Å². The Bertz CT molecular complexity index is 1280. The number of oxazole rings is 1. The third kappa shape index (κ3) is 4.75. The highest BCUT2D eigenvalue weighted by Gasteiger charge is 2.34. The average Bonchev–Trinajstić information content (AvgIpc) is 3.13. The molecule has 34 heavy (non-hydrogen) atoms. The molecule has 0 spiro atoms.